The summed E-state index contributed by atoms with van der Waals surface area (Å²) in [5.74, 6) is -1.24. The Kier molecular flexibility index (Phi) is 3.96. The Labute approximate surface area is 111 Å². The summed E-state index contributed by atoms with van der Waals surface area (Å²) < 4.78 is 27.1. The summed E-state index contributed by atoms with van der Waals surface area (Å²) >= 11 is 0. The predicted molar refractivity (Wildman–Crippen MR) is 70.9 cm³/mol. The number of hydrogen-bond acceptors (Lipinski definition) is 1. The highest BCUT2D eigenvalue weighted by atomic mass is 19.1. The molecule has 2 aromatic rings. The fourth-order valence-corrected chi connectivity index (χ4v) is 2.15. The lowest BCUT2D eigenvalue weighted by molar-refractivity contribution is 0.175. The Morgan fingerprint density at radius 3 is 2.32 bits per heavy atom. The maximum atomic E-state index is 13.6. The Balaban J connectivity index is 2.31. The molecular formula is C16H16F2O. The van der Waals surface area contributed by atoms with Gasteiger partial charge in [-0.15, -0.1) is 0 Å². The molecule has 0 aliphatic rings. The van der Waals surface area contributed by atoms with E-state index in [9.17, 15) is 13.9 Å². The molecule has 0 saturated heterocycles. The van der Waals surface area contributed by atoms with Crippen LogP contribution in [0.2, 0.25) is 0 Å². The van der Waals surface area contributed by atoms with Gasteiger partial charge in [-0.25, -0.2) is 8.78 Å². The van der Waals surface area contributed by atoms with Gasteiger partial charge in [0.05, 0.1) is 6.10 Å². The van der Waals surface area contributed by atoms with E-state index in [0.29, 0.717) is 5.56 Å². The van der Waals surface area contributed by atoms with Crippen molar-refractivity contribution in [3.63, 3.8) is 0 Å². The van der Waals surface area contributed by atoms with Gasteiger partial charge in [-0.3, -0.25) is 0 Å². The average molecular weight is 262 g/mol. The third-order valence-electron chi connectivity index (χ3n) is 3.25. The molecule has 0 aromatic heterocycles. The maximum Gasteiger partial charge on any atom is 0.129 e. The van der Waals surface area contributed by atoms with E-state index < -0.39 is 17.7 Å². The fourth-order valence-electron chi connectivity index (χ4n) is 2.15. The number of aliphatic hydroxyl groups is 1. The van der Waals surface area contributed by atoms with Crippen molar-refractivity contribution in [3.05, 3.63) is 70.3 Å². The molecule has 3 heteroatoms. The summed E-state index contributed by atoms with van der Waals surface area (Å²) in [6.07, 6.45) is -0.978. The lowest BCUT2D eigenvalue weighted by Gasteiger charge is -2.15. The summed E-state index contributed by atoms with van der Waals surface area (Å²) in [5, 5.41) is 10.2. The standard InChI is InChI=1S/C16H16F2O/c1-10-6-7-11(2)12(8-10)16(19)9-13-14(17)4-3-5-15(13)18/h3-8,16,19H,9H2,1-2H3. The van der Waals surface area contributed by atoms with Crippen LogP contribution < -0.4 is 0 Å². The lowest BCUT2D eigenvalue weighted by Crippen LogP contribution is -2.07. The monoisotopic (exact) mass is 262 g/mol. The zero-order valence-corrected chi connectivity index (χ0v) is 11.0. The van der Waals surface area contributed by atoms with Crippen LogP contribution >= 0.6 is 0 Å². The number of aliphatic hydroxyl groups excluding tert-OH is 1. The van der Waals surface area contributed by atoms with Crippen molar-refractivity contribution in [3.8, 4) is 0 Å². The van der Waals surface area contributed by atoms with Crippen molar-refractivity contribution in [2.75, 3.05) is 0 Å². The minimum Gasteiger partial charge on any atom is -0.388 e. The number of aryl methyl sites for hydroxylation is 2. The summed E-state index contributed by atoms with van der Waals surface area (Å²) in [4.78, 5) is 0. The molecule has 1 atom stereocenters. The summed E-state index contributed by atoms with van der Waals surface area (Å²) in [6.45, 7) is 3.79. The Hall–Kier alpha value is -1.74. The van der Waals surface area contributed by atoms with Crippen LogP contribution in [0, 0.1) is 25.5 Å². The summed E-state index contributed by atoms with van der Waals surface area (Å²) in [7, 11) is 0. The minimum absolute atomic E-state index is 0.0667. The molecule has 0 aliphatic heterocycles. The molecule has 2 rings (SSSR count). The van der Waals surface area contributed by atoms with Gasteiger partial charge in [0.2, 0.25) is 0 Å². The predicted octanol–water partition coefficient (Wildman–Crippen LogP) is 3.86. The maximum absolute atomic E-state index is 13.6. The molecule has 2 aromatic carbocycles. The van der Waals surface area contributed by atoms with Crippen molar-refractivity contribution in [2.24, 2.45) is 0 Å². The second-order valence-electron chi connectivity index (χ2n) is 4.78. The summed E-state index contributed by atoms with van der Waals surface area (Å²) in [5.41, 5.74) is 2.56. The van der Waals surface area contributed by atoms with Crippen LogP contribution in [-0.2, 0) is 6.42 Å². The number of halogens is 2. The lowest BCUT2D eigenvalue weighted by atomic mass is 9.96. The van der Waals surface area contributed by atoms with Gasteiger partial charge in [-0.1, -0.05) is 29.8 Å². The van der Waals surface area contributed by atoms with E-state index in [4.69, 9.17) is 0 Å². The molecule has 1 unspecified atom stereocenters. The second kappa shape index (κ2) is 5.49. The molecule has 0 bridgehead atoms. The van der Waals surface area contributed by atoms with Crippen molar-refractivity contribution in [2.45, 2.75) is 26.4 Å². The Bertz CT molecular complexity index is 573. The molecule has 1 N–H and O–H groups in total. The van der Waals surface area contributed by atoms with Gasteiger partial charge in [0.25, 0.3) is 0 Å². The van der Waals surface area contributed by atoms with Crippen LogP contribution in [0.5, 0.6) is 0 Å². The van der Waals surface area contributed by atoms with Crippen molar-refractivity contribution >= 4 is 0 Å². The molecule has 0 fully saturated rings. The second-order valence-corrected chi connectivity index (χ2v) is 4.78. The van der Waals surface area contributed by atoms with Crippen molar-refractivity contribution < 1.29 is 13.9 Å². The zero-order valence-electron chi connectivity index (χ0n) is 11.0. The van der Waals surface area contributed by atoms with Gasteiger partial charge in [0.1, 0.15) is 11.6 Å². The molecular weight excluding hydrogens is 246 g/mol. The molecule has 0 spiro atoms. The smallest absolute Gasteiger partial charge is 0.129 e. The molecule has 0 amide bonds. The van der Waals surface area contributed by atoms with Crippen LogP contribution in [0.25, 0.3) is 0 Å². The molecule has 0 radical (unpaired) electrons. The normalized spacial score (nSPS) is 12.5. The van der Waals surface area contributed by atoms with E-state index in [1.165, 1.54) is 18.2 Å². The van der Waals surface area contributed by atoms with Gasteiger partial charge in [-0.2, -0.15) is 0 Å². The highest BCUT2D eigenvalue weighted by Crippen LogP contribution is 2.25. The molecule has 0 heterocycles. The van der Waals surface area contributed by atoms with Crippen LogP contribution in [-0.4, -0.2) is 5.11 Å². The van der Waals surface area contributed by atoms with Crippen LogP contribution in [0.4, 0.5) is 8.78 Å². The van der Waals surface area contributed by atoms with Gasteiger partial charge >= 0.3 is 0 Å². The van der Waals surface area contributed by atoms with Crippen LogP contribution in [0.1, 0.15) is 28.4 Å². The van der Waals surface area contributed by atoms with E-state index in [2.05, 4.69) is 0 Å². The molecule has 0 aliphatic carbocycles. The van der Waals surface area contributed by atoms with E-state index in [1.54, 1.807) is 0 Å². The largest absolute Gasteiger partial charge is 0.388 e. The third-order valence-corrected chi connectivity index (χ3v) is 3.25. The highest BCUT2D eigenvalue weighted by Gasteiger charge is 2.16. The van der Waals surface area contributed by atoms with E-state index >= 15 is 0 Å². The Morgan fingerprint density at radius 2 is 1.68 bits per heavy atom. The fraction of sp³-hybridized carbons (Fsp3) is 0.250. The average Bonchev–Trinajstić information content (AvgIpc) is 2.37. The van der Waals surface area contributed by atoms with Gasteiger partial charge in [0, 0.05) is 12.0 Å². The topological polar surface area (TPSA) is 20.2 Å². The highest BCUT2D eigenvalue weighted by molar-refractivity contribution is 5.33. The number of rotatable bonds is 3. The Morgan fingerprint density at radius 1 is 1.05 bits per heavy atom. The van der Waals surface area contributed by atoms with Crippen molar-refractivity contribution in [1.29, 1.82) is 0 Å². The number of benzene rings is 2. The quantitative estimate of drug-likeness (QED) is 0.890. The SMILES string of the molecule is Cc1ccc(C)c(C(O)Cc2c(F)cccc2F)c1. The first-order valence-corrected chi connectivity index (χ1v) is 6.17. The summed E-state index contributed by atoms with van der Waals surface area (Å²) in [6, 6.07) is 9.40. The first-order valence-electron chi connectivity index (χ1n) is 6.17. The van der Waals surface area contributed by atoms with Gasteiger partial charge < -0.3 is 5.11 Å². The molecule has 0 saturated carbocycles. The van der Waals surface area contributed by atoms with Crippen molar-refractivity contribution in [1.82, 2.24) is 0 Å². The van der Waals surface area contributed by atoms with E-state index in [-0.39, 0.29) is 12.0 Å². The molecule has 100 valence electrons. The third kappa shape index (κ3) is 2.99. The first-order chi connectivity index (χ1) is 8.99. The zero-order chi connectivity index (χ0) is 14.0. The first kappa shape index (κ1) is 13.7. The van der Waals surface area contributed by atoms with Crippen LogP contribution in [0.15, 0.2) is 36.4 Å². The molecule has 1 nitrogen and oxygen atoms in total. The minimum atomic E-state index is -0.911. The van der Waals surface area contributed by atoms with Gasteiger partial charge in [-0.05, 0) is 37.1 Å². The van der Waals surface area contributed by atoms with E-state index in [0.717, 1.165) is 11.1 Å². The van der Waals surface area contributed by atoms with E-state index in [1.807, 2.05) is 32.0 Å². The van der Waals surface area contributed by atoms with Gasteiger partial charge in [0.15, 0.2) is 0 Å². The molecule has 19 heavy (non-hydrogen) atoms. The van der Waals surface area contributed by atoms with Crippen LogP contribution in [0.3, 0.4) is 0 Å². The number of hydrogen-bond donors (Lipinski definition) is 1.